The van der Waals surface area contributed by atoms with Crippen molar-refractivity contribution in [1.29, 1.82) is 0 Å². The predicted molar refractivity (Wildman–Crippen MR) is 115 cm³/mol. The molecule has 0 atom stereocenters. The summed E-state index contributed by atoms with van der Waals surface area (Å²) in [7, 11) is 0. The molecular weight excluding hydrogens is 398 g/mol. The quantitative estimate of drug-likeness (QED) is 0.583. The molecule has 8 nitrogen and oxygen atoms in total. The van der Waals surface area contributed by atoms with Crippen molar-refractivity contribution in [2.24, 2.45) is 0 Å². The van der Waals surface area contributed by atoms with Crippen molar-refractivity contribution < 1.29 is 23.9 Å². The van der Waals surface area contributed by atoms with Gasteiger partial charge in [-0.1, -0.05) is 0 Å². The van der Waals surface area contributed by atoms with Crippen molar-refractivity contribution in [3.8, 4) is 5.69 Å². The molecule has 0 saturated carbocycles. The van der Waals surface area contributed by atoms with Crippen LogP contribution in [0.15, 0.2) is 54.7 Å². The number of carbonyl (C=O) groups is 3. The van der Waals surface area contributed by atoms with E-state index in [1.165, 1.54) is 18.2 Å². The smallest absolute Gasteiger partial charge is 0.338 e. The van der Waals surface area contributed by atoms with E-state index in [1.54, 1.807) is 49.0 Å². The van der Waals surface area contributed by atoms with E-state index in [1.807, 2.05) is 13.0 Å². The van der Waals surface area contributed by atoms with Crippen molar-refractivity contribution in [2.75, 3.05) is 18.5 Å². The monoisotopic (exact) mass is 421 g/mol. The van der Waals surface area contributed by atoms with Gasteiger partial charge < -0.3 is 14.8 Å². The molecule has 0 aliphatic rings. The molecule has 3 aromatic rings. The third-order valence-corrected chi connectivity index (χ3v) is 4.42. The maximum Gasteiger partial charge on any atom is 0.338 e. The number of ether oxygens (including phenoxy) is 2. The van der Waals surface area contributed by atoms with Gasteiger partial charge in [-0.25, -0.2) is 14.3 Å². The first-order valence-corrected chi connectivity index (χ1v) is 9.84. The van der Waals surface area contributed by atoms with Crippen LogP contribution in [0.4, 0.5) is 5.69 Å². The van der Waals surface area contributed by atoms with Gasteiger partial charge >= 0.3 is 11.9 Å². The standard InChI is InChI=1S/C23H23N3O5/c1-4-30-22(28)17-12-18(23(29)31-5-2)14-19(13-17)25-21(27)16-6-8-20(9-7-16)26-15(3)10-11-24-26/h6-14H,4-5H2,1-3H3,(H,25,27). The largest absolute Gasteiger partial charge is 0.462 e. The van der Waals surface area contributed by atoms with Gasteiger partial charge in [-0.3, -0.25) is 4.79 Å². The van der Waals surface area contributed by atoms with Crippen molar-refractivity contribution in [3.05, 3.63) is 77.1 Å². The third kappa shape index (κ3) is 5.16. The molecule has 1 heterocycles. The van der Waals surface area contributed by atoms with E-state index >= 15 is 0 Å². The lowest BCUT2D eigenvalue weighted by atomic mass is 10.1. The normalized spacial score (nSPS) is 10.4. The van der Waals surface area contributed by atoms with Crippen LogP contribution in [0.1, 0.15) is 50.6 Å². The summed E-state index contributed by atoms with van der Waals surface area (Å²) in [5.41, 5.74) is 2.78. The summed E-state index contributed by atoms with van der Waals surface area (Å²) >= 11 is 0. The highest BCUT2D eigenvalue weighted by molar-refractivity contribution is 6.06. The second-order valence-corrected chi connectivity index (χ2v) is 6.63. The number of anilines is 1. The molecule has 0 radical (unpaired) electrons. The number of carbonyl (C=O) groups excluding carboxylic acids is 3. The van der Waals surface area contributed by atoms with Crippen LogP contribution in [0, 0.1) is 6.92 Å². The minimum Gasteiger partial charge on any atom is -0.462 e. The number of hydrogen-bond donors (Lipinski definition) is 1. The third-order valence-electron chi connectivity index (χ3n) is 4.42. The predicted octanol–water partition coefficient (Wildman–Crippen LogP) is 3.79. The molecule has 0 unspecified atom stereocenters. The summed E-state index contributed by atoms with van der Waals surface area (Å²) in [5, 5.41) is 6.96. The van der Waals surface area contributed by atoms with E-state index < -0.39 is 11.9 Å². The molecule has 2 aromatic carbocycles. The van der Waals surface area contributed by atoms with Crippen LogP contribution in [0.2, 0.25) is 0 Å². The fourth-order valence-electron chi connectivity index (χ4n) is 2.96. The number of rotatable bonds is 7. The Balaban J connectivity index is 1.84. The summed E-state index contributed by atoms with van der Waals surface area (Å²) in [4.78, 5) is 37.1. The lowest BCUT2D eigenvalue weighted by Crippen LogP contribution is -2.15. The molecule has 1 aromatic heterocycles. The van der Waals surface area contributed by atoms with Crippen molar-refractivity contribution in [1.82, 2.24) is 9.78 Å². The maximum atomic E-state index is 12.7. The zero-order valence-corrected chi connectivity index (χ0v) is 17.5. The number of benzene rings is 2. The summed E-state index contributed by atoms with van der Waals surface area (Å²) < 4.78 is 11.8. The first-order chi connectivity index (χ1) is 14.9. The minimum atomic E-state index is -0.594. The molecule has 160 valence electrons. The molecule has 0 saturated heterocycles. The summed E-state index contributed by atoms with van der Waals surface area (Å²) in [6.45, 7) is 5.68. The van der Waals surface area contributed by atoms with E-state index in [-0.39, 0.29) is 35.9 Å². The van der Waals surface area contributed by atoms with Crippen LogP contribution >= 0.6 is 0 Å². The van der Waals surface area contributed by atoms with Crippen molar-refractivity contribution in [3.63, 3.8) is 0 Å². The lowest BCUT2D eigenvalue weighted by molar-refractivity contribution is 0.0525. The SMILES string of the molecule is CCOC(=O)c1cc(NC(=O)c2ccc(-n3nccc3C)cc2)cc(C(=O)OCC)c1. The Morgan fingerprint density at radius 3 is 1.94 bits per heavy atom. The molecular formula is C23H23N3O5. The van der Waals surface area contributed by atoms with Crippen molar-refractivity contribution in [2.45, 2.75) is 20.8 Å². The van der Waals surface area contributed by atoms with Crippen LogP contribution in [0.5, 0.6) is 0 Å². The van der Waals surface area contributed by atoms with Gasteiger partial charge in [0.1, 0.15) is 0 Å². The van der Waals surface area contributed by atoms with E-state index in [2.05, 4.69) is 10.4 Å². The van der Waals surface area contributed by atoms with E-state index in [4.69, 9.17) is 9.47 Å². The molecule has 8 heteroatoms. The minimum absolute atomic E-state index is 0.146. The molecule has 0 aliphatic heterocycles. The Bertz CT molecular complexity index is 1070. The van der Waals surface area contributed by atoms with Crippen LogP contribution in [0.3, 0.4) is 0 Å². The van der Waals surface area contributed by atoms with Gasteiger partial charge in [-0.15, -0.1) is 0 Å². The van der Waals surface area contributed by atoms with Crippen LogP contribution in [-0.2, 0) is 9.47 Å². The van der Waals surface area contributed by atoms with Gasteiger partial charge in [-0.05, 0) is 69.3 Å². The number of nitrogens with one attached hydrogen (secondary N) is 1. The molecule has 31 heavy (non-hydrogen) atoms. The van der Waals surface area contributed by atoms with E-state index in [0.717, 1.165) is 11.4 Å². The second-order valence-electron chi connectivity index (χ2n) is 6.63. The average Bonchev–Trinajstić information content (AvgIpc) is 3.19. The van der Waals surface area contributed by atoms with Gasteiger partial charge in [0.2, 0.25) is 0 Å². The van der Waals surface area contributed by atoms with E-state index in [0.29, 0.717) is 5.56 Å². The topological polar surface area (TPSA) is 99.5 Å². The van der Waals surface area contributed by atoms with Crippen LogP contribution < -0.4 is 5.32 Å². The highest BCUT2D eigenvalue weighted by Crippen LogP contribution is 2.19. The number of amides is 1. The first kappa shape index (κ1) is 21.8. The van der Waals surface area contributed by atoms with Crippen molar-refractivity contribution >= 4 is 23.5 Å². The molecule has 1 N–H and O–H groups in total. The lowest BCUT2D eigenvalue weighted by Gasteiger charge is -2.11. The van der Waals surface area contributed by atoms with Gasteiger partial charge in [-0.2, -0.15) is 5.10 Å². The highest BCUT2D eigenvalue weighted by atomic mass is 16.5. The average molecular weight is 421 g/mol. The number of nitrogens with zero attached hydrogens (tertiary/aromatic N) is 2. The molecule has 1 amide bonds. The Labute approximate surface area is 179 Å². The Hall–Kier alpha value is -3.94. The Kier molecular flexibility index (Phi) is 6.81. The number of aromatic nitrogens is 2. The molecule has 3 rings (SSSR count). The van der Waals surface area contributed by atoms with Gasteiger partial charge in [0, 0.05) is 23.1 Å². The summed E-state index contributed by atoms with van der Waals surface area (Å²) in [6, 6.07) is 13.1. The number of aryl methyl sites for hydroxylation is 1. The summed E-state index contributed by atoms with van der Waals surface area (Å²) in [5.74, 6) is -1.58. The Morgan fingerprint density at radius 2 is 1.45 bits per heavy atom. The maximum absolute atomic E-state index is 12.7. The molecule has 0 spiro atoms. The zero-order chi connectivity index (χ0) is 22.4. The fourth-order valence-corrected chi connectivity index (χ4v) is 2.96. The molecule has 0 fully saturated rings. The zero-order valence-electron chi connectivity index (χ0n) is 17.5. The molecule has 0 bridgehead atoms. The van der Waals surface area contributed by atoms with Gasteiger partial charge in [0.25, 0.3) is 5.91 Å². The Morgan fingerprint density at radius 1 is 0.871 bits per heavy atom. The number of hydrogen-bond acceptors (Lipinski definition) is 6. The van der Waals surface area contributed by atoms with Crippen LogP contribution in [0.25, 0.3) is 5.69 Å². The summed E-state index contributed by atoms with van der Waals surface area (Å²) in [6.07, 6.45) is 1.70. The van der Waals surface area contributed by atoms with Gasteiger partial charge in [0.05, 0.1) is 30.0 Å². The highest BCUT2D eigenvalue weighted by Gasteiger charge is 2.16. The number of esters is 2. The fraction of sp³-hybridized carbons (Fsp3) is 0.217. The van der Waals surface area contributed by atoms with Crippen LogP contribution in [-0.4, -0.2) is 40.8 Å². The van der Waals surface area contributed by atoms with Gasteiger partial charge in [0.15, 0.2) is 0 Å². The molecule has 0 aliphatic carbocycles. The van der Waals surface area contributed by atoms with E-state index in [9.17, 15) is 14.4 Å². The second kappa shape index (κ2) is 9.71. The first-order valence-electron chi connectivity index (χ1n) is 9.84.